The number of carbonyl (C=O) groups is 1. The number of rotatable bonds is 4. The second-order valence-electron chi connectivity index (χ2n) is 7.42. The van der Waals surface area contributed by atoms with Gasteiger partial charge < -0.3 is 9.32 Å². The molecule has 1 atom stereocenters. The second-order valence-corrected chi connectivity index (χ2v) is 7.42. The van der Waals surface area contributed by atoms with E-state index in [0.29, 0.717) is 12.5 Å². The molecule has 0 N–H and O–H groups in total. The molecule has 4 rings (SSSR count). The zero-order valence-electron chi connectivity index (χ0n) is 14.8. The number of hydrogen-bond donors (Lipinski definition) is 0. The minimum absolute atomic E-state index is 0.214. The first kappa shape index (κ1) is 16.3. The first-order valence-corrected chi connectivity index (χ1v) is 9.11. The normalized spacial score (nSPS) is 24.4. The third kappa shape index (κ3) is 3.33. The second kappa shape index (κ2) is 6.64. The van der Waals surface area contributed by atoms with E-state index in [-0.39, 0.29) is 5.41 Å². The molecular weight excluding hydrogens is 314 g/mol. The lowest BCUT2D eigenvalue weighted by molar-refractivity contribution is -0.139. The lowest BCUT2D eigenvalue weighted by Crippen LogP contribution is -2.47. The van der Waals surface area contributed by atoms with Crippen molar-refractivity contribution >= 4 is 5.91 Å². The molecule has 132 valence electrons. The highest BCUT2D eigenvalue weighted by atomic mass is 16.3. The molecule has 2 aromatic rings. The molecule has 2 aromatic heterocycles. The highest BCUT2D eigenvalue weighted by Crippen LogP contribution is 2.41. The van der Waals surface area contributed by atoms with Gasteiger partial charge in [-0.3, -0.25) is 14.7 Å². The molecule has 1 spiro atoms. The zero-order valence-corrected chi connectivity index (χ0v) is 14.8. The molecule has 0 saturated carbocycles. The molecular formula is C20H25N3O2. The maximum Gasteiger partial charge on any atom is 0.230 e. The van der Waals surface area contributed by atoms with E-state index in [4.69, 9.17) is 4.42 Å². The molecule has 2 fully saturated rings. The summed E-state index contributed by atoms with van der Waals surface area (Å²) in [5.74, 6) is 1.28. The molecule has 2 saturated heterocycles. The van der Waals surface area contributed by atoms with E-state index in [1.54, 1.807) is 6.26 Å². The Morgan fingerprint density at radius 1 is 1.16 bits per heavy atom. The van der Waals surface area contributed by atoms with E-state index < -0.39 is 0 Å². The van der Waals surface area contributed by atoms with Crippen LogP contribution in [0.2, 0.25) is 0 Å². The summed E-state index contributed by atoms with van der Waals surface area (Å²) in [6, 6.07) is 9.94. The topological polar surface area (TPSA) is 49.6 Å². The molecule has 5 nitrogen and oxygen atoms in total. The van der Waals surface area contributed by atoms with Crippen LogP contribution in [-0.2, 0) is 17.9 Å². The molecule has 0 aromatic carbocycles. The van der Waals surface area contributed by atoms with Crippen molar-refractivity contribution in [2.75, 3.05) is 19.6 Å². The van der Waals surface area contributed by atoms with Crippen LogP contribution in [0, 0.1) is 12.3 Å². The van der Waals surface area contributed by atoms with Gasteiger partial charge in [-0.15, -0.1) is 0 Å². The van der Waals surface area contributed by atoms with Crippen molar-refractivity contribution in [3.63, 3.8) is 0 Å². The highest BCUT2D eigenvalue weighted by Gasteiger charge is 2.48. The number of likely N-dealkylation sites (tertiary alicyclic amines) is 2. The minimum atomic E-state index is -0.214. The van der Waals surface area contributed by atoms with E-state index in [0.717, 1.165) is 62.6 Å². The van der Waals surface area contributed by atoms with E-state index in [9.17, 15) is 4.79 Å². The third-order valence-electron chi connectivity index (χ3n) is 5.52. The summed E-state index contributed by atoms with van der Waals surface area (Å²) in [6.45, 7) is 6.12. The molecule has 0 radical (unpaired) electrons. The highest BCUT2D eigenvalue weighted by molar-refractivity contribution is 5.85. The average molecular weight is 339 g/mol. The van der Waals surface area contributed by atoms with Crippen molar-refractivity contribution in [1.82, 2.24) is 14.8 Å². The van der Waals surface area contributed by atoms with Gasteiger partial charge in [0, 0.05) is 18.8 Å². The fourth-order valence-electron chi connectivity index (χ4n) is 4.29. The SMILES string of the molecule is Cc1cccc(CN2CCC3(CCCN(Cc4ccco4)C3)C2=O)n1. The van der Waals surface area contributed by atoms with E-state index in [1.807, 2.05) is 42.2 Å². The first-order valence-electron chi connectivity index (χ1n) is 9.11. The Labute approximate surface area is 148 Å². The van der Waals surface area contributed by atoms with Gasteiger partial charge in [0.1, 0.15) is 5.76 Å². The van der Waals surface area contributed by atoms with Crippen LogP contribution in [0.25, 0.3) is 0 Å². The molecule has 2 aliphatic heterocycles. The monoisotopic (exact) mass is 339 g/mol. The molecule has 5 heteroatoms. The van der Waals surface area contributed by atoms with Crippen molar-refractivity contribution in [2.45, 2.75) is 39.3 Å². The summed E-state index contributed by atoms with van der Waals surface area (Å²) in [6.07, 6.45) is 4.74. The molecule has 2 aliphatic rings. The lowest BCUT2D eigenvalue weighted by atomic mass is 9.78. The fourth-order valence-corrected chi connectivity index (χ4v) is 4.29. The van der Waals surface area contributed by atoms with Gasteiger partial charge in [0.15, 0.2) is 0 Å². The van der Waals surface area contributed by atoms with Crippen molar-refractivity contribution in [2.24, 2.45) is 5.41 Å². The van der Waals surface area contributed by atoms with Crippen molar-refractivity contribution in [3.8, 4) is 0 Å². The van der Waals surface area contributed by atoms with Gasteiger partial charge >= 0.3 is 0 Å². The Kier molecular flexibility index (Phi) is 4.34. The van der Waals surface area contributed by atoms with Gasteiger partial charge in [0.25, 0.3) is 0 Å². The minimum Gasteiger partial charge on any atom is -0.468 e. The quantitative estimate of drug-likeness (QED) is 0.859. The largest absolute Gasteiger partial charge is 0.468 e. The van der Waals surface area contributed by atoms with Gasteiger partial charge in [-0.2, -0.15) is 0 Å². The van der Waals surface area contributed by atoms with Crippen LogP contribution in [-0.4, -0.2) is 40.3 Å². The van der Waals surface area contributed by atoms with Crippen LogP contribution in [0.5, 0.6) is 0 Å². The van der Waals surface area contributed by atoms with E-state index >= 15 is 0 Å². The number of hydrogen-bond acceptors (Lipinski definition) is 4. The van der Waals surface area contributed by atoms with Crippen LogP contribution in [0.4, 0.5) is 0 Å². The maximum absolute atomic E-state index is 13.2. The molecule has 4 heterocycles. The summed E-state index contributed by atoms with van der Waals surface area (Å²) in [5.41, 5.74) is 1.77. The van der Waals surface area contributed by atoms with Crippen LogP contribution in [0.1, 0.15) is 36.4 Å². The van der Waals surface area contributed by atoms with Crippen molar-refractivity contribution in [1.29, 1.82) is 0 Å². The summed E-state index contributed by atoms with van der Waals surface area (Å²) in [7, 11) is 0. The Morgan fingerprint density at radius 2 is 2.08 bits per heavy atom. The average Bonchev–Trinajstić information content (AvgIpc) is 3.20. The van der Waals surface area contributed by atoms with Gasteiger partial charge in [-0.1, -0.05) is 6.07 Å². The number of aryl methyl sites for hydroxylation is 1. The number of aromatic nitrogens is 1. The van der Waals surface area contributed by atoms with Crippen LogP contribution < -0.4 is 0 Å². The summed E-state index contributed by atoms with van der Waals surface area (Å²) >= 11 is 0. The Bertz CT molecular complexity index is 743. The molecule has 1 unspecified atom stereocenters. The van der Waals surface area contributed by atoms with Gasteiger partial charge in [0.05, 0.1) is 30.5 Å². The third-order valence-corrected chi connectivity index (χ3v) is 5.52. The van der Waals surface area contributed by atoms with Crippen molar-refractivity contribution < 1.29 is 9.21 Å². The van der Waals surface area contributed by atoms with Crippen molar-refractivity contribution in [3.05, 3.63) is 53.7 Å². The summed E-state index contributed by atoms with van der Waals surface area (Å²) < 4.78 is 5.48. The standard InChI is InChI=1S/C20H25N3O2/c1-16-5-2-6-17(21-16)13-23-11-9-20(19(23)24)8-4-10-22(15-20)14-18-7-3-12-25-18/h2-3,5-7,12H,4,8-11,13-15H2,1H3. The number of piperidine rings is 1. The van der Waals surface area contributed by atoms with Gasteiger partial charge in [0.2, 0.25) is 5.91 Å². The Morgan fingerprint density at radius 3 is 2.88 bits per heavy atom. The Balaban J connectivity index is 1.44. The van der Waals surface area contributed by atoms with Gasteiger partial charge in [-0.05, 0) is 57.0 Å². The summed E-state index contributed by atoms with van der Waals surface area (Å²) in [5, 5.41) is 0. The summed E-state index contributed by atoms with van der Waals surface area (Å²) in [4.78, 5) is 22.1. The maximum atomic E-state index is 13.2. The van der Waals surface area contributed by atoms with Crippen LogP contribution in [0.15, 0.2) is 41.0 Å². The molecule has 1 amide bonds. The first-order chi connectivity index (χ1) is 12.1. The van der Waals surface area contributed by atoms with E-state index in [2.05, 4.69) is 9.88 Å². The van der Waals surface area contributed by atoms with Gasteiger partial charge in [-0.25, -0.2) is 0 Å². The van der Waals surface area contributed by atoms with E-state index in [1.165, 1.54) is 0 Å². The predicted octanol–water partition coefficient (Wildman–Crippen LogP) is 3.00. The Hall–Kier alpha value is -2.14. The van der Waals surface area contributed by atoms with Crippen LogP contribution >= 0.6 is 0 Å². The number of carbonyl (C=O) groups excluding carboxylic acids is 1. The molecule has 25 heavy (non-hydrogen) atoms. The molecule has 0 aliphatic carbocycles. The smallest absolute Gasteiger partial charge is 0.230 e. The zero-order chi connectivity index (χ0) is 17.3. The number of amides is 1. The number of furan rings is 1. The lowest BCUT2D eigenvalue weighted by Gasteiger charge is -2.38. The number of pyridine rings is 1. The van der Waals surface area contributed by atoms with Crippen LogP contribution in [0.3, 0.4) is 0 Å². The molecule has 0 bridgehead atoms. The fraction of sp³-hybridized carbons (Fsp3) is 0.500. The number of nitrogens with zero attached hydrogens (tertiary/aromatic N) is 3. The predicted molar refractivity (Wildman–Crippen MR) is 94.7 cm³/mol.